The number of rotatable bonds is 34. The van der Waals surface area contributed by atoms with Gasteiger partial charge in [-0.2, -0.15) is 0 Å². The van der Waals surface area contributed by atoms with Gasteiger partial charge >= 0.3 is 0 Å². The predicted octanol–water partition coefficient (Wildman–Crippen LogP) is 7.60. The van der Waals surface area contributed by atoms with Gasteiger partial charge in [-0.25, -0.2) is 0 Å². The number of aliphatic hydroxyl groups excluding tert-OH is 3. The van der Waals surface area contributed by atoms with Crippen molar-refractivity contribution in [1.82, 2.24) is 5.32 Å². The molecule has 0 aliphatic heterocycles. The third-order valence-electron chi connectivity index (χ3n) is 8.40. The average molecular weight is 755 g/mol. The number of unbranched alkanes of at least 4 members (excludes halogenated alkanes) is 9. The van der Waals surface area contributed by atoms with Crippen molar-refractivity contribution in [2.45, 2.75) is 154 Å². The van der Waals surface area contributed by atoms with E-state index < -0.39 is 44.7 Å². The lowest BCUT2D eigenvalue weighted by Gasteiger charge is -2.29. The molecular formula is C41H75N2O8P. The quantitative estimate of drug-likeness (QED) is 0.0227. The Hall–Kier alpha value is -1.88. The molecule has 0 aromatic heterocycles. The van der Waals surface area contributed by atoms with E-state index in [0.717, 1.165) is 32.1 Å². The number of allylic oxidation sites excluding steroid dienone is 8. The van der Waals surface area contributed by atoms with E-state index in [-0.39, 0.29) is 19.4 Å². The van der Waals surface area contributed by atoms with E-state index in [9.17, 15) is 29.6 Å². The van der Waals surface area contributed by atoms with Crippen LogP contribution in [0, 0.1) is 0 Å². The van der Waals surface area contributed by atoms with Gasteiger partial charge in [-0.15, -0.1) is 0 Å². The summed E-state index contributed by atoms with van der Waals surface area (Å²) in [6.07, 6.45) is 33.0. The zero-order valence-electron chi connectivity index (χ0n) is 33.2. The molecule has 0 spiro atoms. The molecule has 0 saturated carbocycles. The third kappa shape index (κ3) is 32.7. The number of nitrogens with one attached hydrogen (secondary N) is 1. The second-order valence-corrected chi connectivity index (χ2v) is 16.0. The average Bonchev–Trinajstić information content (AvgIpc) is 3.08. The number of phosphoric acid groups is 1. The maximum atomic E-state index is 12.8. The Balaban J connectivity index is 4.82. The largest absolute Gasteiger partial charge is 0.756 e. The number of likely N-dealkylation sites (N-methyl/N-ethyl adjacent to an activating group) is 1. The second-order valence-electron chi connectivity index (χ2n) is 14.6. The number of nitrogens with zero attached hydrogens (tertiary/aromatic N) is 1. The first-order chi connectivity index (χ1) is 24.8. The molecular weight excluding hydrogens is 679 g/mol. The van der Waals surface area contributed by atoms with E-state index in [1.807, 2.05) is 33.3 Å². The van der Waals surface area contributed by atoms with Crippen LogP contribution in [0.5, 0.6) is 0 Å². The van der Waals surface area contributed by atoms with Gasteiger partial charge in [-0.05, 0) is 70.6 Å². The Bertz CT molecular complexity index is 1070. The minimum atomic E-state index is -4.67. The fourth-order valence-corrected chi connectivity index (χ4v) is 5.76. The Morgan fingerprint density at radius 1 is 0.731 bits per heavy atom. The first kappa shape index (κ1) is 50.1. The second kappa shape index (κ2) is 32.5. The van der Waals surface area contributed by atoms with Crippen LogP contribution in [0.1, 0.15) is 129 Å². The molecule has 0 aromatic carbocycles. The molecule has 0 aliphatic carbocycles. The van der Waals surface area contributed by atoms with Crippen molar-refractivity contribution in [1.29, 1.82) is 0 Å². The zero-order chi connectivity index (χ0) is 38.9. The van der Waals surface area contributed by atoms with Crippen molar-refractivity contribution in [2.75, 3.05) is 40.9 Å². The van der Waals surface area contributed by atoms with Crippen molar-refractivity contribution in [3.05, 3.63) is 60.8 Å². The van der Waals surface area contributed by atoms with E-state index in [4.69, 9.17) is 9.05 Å². The highest BCUT2D eigenvalue weighted by Crippen LogP contribution is 2.38. The van der Waals surface area contributed by atoms with Crippen LogP contribution in [0.25, 0.3) is 0 Å². The Labute approximate surface area is 317 Å². The summed E-state index contributed by atoms with van der Waals surface area (Å²) < 4.78 is 23.0. The smallest absolute Gasteiger partial charge is 0.268 e. The first-order valence-corrected chi connectivity index (χ1v) is 21.3. The highest BCUT2D eigenvalue weighted by Gasteiger charge is 2.23. The van der Waals surface area contributed by atoms with Gasteiger partial charge in [-0.1, -0.05) is 113 Å². The van der Waals surface area contributed by atoms with E-state index >= 15 is 0 Å². The molecule has 0 saturated heterocycles. The molecule has 0 radical (unpaired) electrons. The number of aliphatic hydroxyl groups is 3. The van der Waals surface area contributed by atoms with Crippen molar-refractivity contribution < 1.29 is 43.1 Å². The van der Waals surface area contributed by atoms with Crippen LogP contribution < -0.4 is 10.2 Å². The van der Waals surface area contributed by atoms with E-state index in [1.54, 1.807) is 6.08 Å². The molecule has 1 amide bonds. The normalized spacial score (nSPS) is 16.4. The maximum Gasteiger partial charge on any atom is 0.268 e. The summed E-state index contributed by atoms with van der Waals surface area (Å²) in [6, 6.07) is -1.04. The van der Waals surface area contributed by atoms with Crippen molar-refractivity contribution in [3.8, 4) is 0 Å². The third-order valence-corrected chi connectivity index (χ3v) is 9.36. The molecule has 4 N–H and O–H groups in total. The van der Waals surface area contributed by atoms with Crippen molar-refractivity contribution in [3.63, 3.8) is 0 Å². The Kier molecular flexibility index (Phi) is 31.4. The molecule has 0 aromatic rings. The summed E-state index contributed by atoms with van der Waals surface area (Å²) in [6.45, 7) is 4.29. The molecule has 52 heavy (non-hydrogen) atoms. The molecule has 0 rings (SSSR count). The molecule has 0 aliphatic rings. The number of hydrogen-bond acceptors (Lipinski definition) is 8. The molecule has 3 unspecified atom stereocenters. The van der Waals surface area contributed by atoms with E-state index in [1.165, 1.54) is 57.4 Å². The standard InChI is InChI=1S/C41H75N2O8P/c1-6-8-10-12-14-16-18-20-22-24-26-28-31-39(45)40(46)32-29-33-41(47)42-37(36-51-52(48,49)50-35-34-43(3,4)5)38(44)30-27-25-23-21-19-17-15-13-11-9-7-2/h14,16,19-22,26-28,30,37-40,44-46H,6-13,15,17-18,23-25,29,31-36H2,1-5H3,(H-,42,47,48,49)/b16-14-,21-19-,22-20-,28-26-,30-27+/t37-,38+,39?,40?/m0/s1. The van der Waals surface area contributed by atoms with Crippen LogP contribution in [-0.2, 0) is 18.4 Å². The van der Waals surface area contributed by atoms with Crippen LogP contribution >= 0.6 is 7.82 Å². The number of amides is 1. The topological polar surface area (TPSA) is 148 Å². The molecule has 11 heteroatoms. The molecule has 0 heterocycles. The summed E-state index contributed by atoms with van der Waals surface area (Å²) >= 11 is 0. The fraction of sp³-hybridized carbons (Fsp3) is 0.732. The number of phosphoric ester groups is 1. The fourth-order valence-electron chi connectivity index (χ4n) is 5.03. The highest BCUT2D eigenvalue weighted by atomic mass is 31.2. The van der Waals surface area contributed by atoms with Crippen molar-refractivity contribution in [2.24, 2.45) is 0 Å². The molecule has 0 bridgehead atoms. The Morgan fingerprint density at radius 2 is 1.29 bits per heavy atom. The number of carbonyl (C=O) groups is 1. The molecule has 0 fully saturated rings. The summed E-state index contributed by atoms with van der Waals surface area (Å²) in [4.78, 5) is 25.2. The van der Waals surface area contributed by atoms with Crippen LogP contribution in [0.15, 0.2) is 60.8 Å². The zero-order valence-corrected chi connectivity index (χ0v) is 34.1. The predicted molar refractivity (Wildman–Crippen MR) is 213 cm³/mol. The minimum absolute atomic E-state index is 0.0165. The van der Waals surface area contributed by atoms with Gasteiger partial charge in [0.1, 0.15) is 13.2 Å². The molecule has 302 valence electrons. The lowest BCUT2D eigenvalue weighted by Crippen LogP contribution is -2.46. The van der Waals surface area contributed by atoms with Gasteiger partial charge in [0.05, 0.1) is 52.1 Å². The van der Waals surface area contributed by atoms with Gasteiger partial charge in [0.25, 0.3) is 7.82 Å². The number of hydrogen-bond donors (Lipinski definition) is 4. The van der Waals surface area contributed by atoms with Gasteiger partial charge in [-0.3, -0.25) is 9.36 Å². The van der Waals surface area contributed by atoms with Crippen LogP contribution in [0.4, 0.5) is 0 Å². The SMILES string of the molecule is CCCCC/C=C\C/C=C\C/C=C\CC(O)C(O)CCCC(=O)N[C@@H](COP(=O)([O-])OCC[N+](C)(C)C)[C@H](O)/C=C/CC/C=C\CCCCCCC. The van der Waals surface area contributed by atoms with Crippen LogP contribution in [-0.4, -0.2) is 91.0 Å². The number of carbonyl (C=O) groups excluding carboxylic acids is 1. The highest BCUT2D eigenvalue weighted by molar-refractivity contribution is 7.45. The summed E-state index contributed by atoms with van der Waals surface area (Å²) in [5.74, 6) is -0.432. The summed E-state index contributed by atoms with van der Waals surface area (Å²) in [7, 11) is 1.05. The first-order valence-electron chi connectivity index (χ1n) is 19.8. The minimum Gasteiger partial charge on any atom is -0.756 e. The monoisotopic (exact) mass is 755 g/mol. The van der Waals surface area contributed by atoms with E-state index in [2.05, 4.69) is 55.6 Å². The van der Waals surface area contributed by atoms with Gasteiger partial charge in [0, 0.05) is 6.42 Å². The molecule has 10 nitrogen and oxygen atoms in total. The lowest BCUT2D eigenvalue weighted by atomic mass is 10.0. The maximum absolute atomic E-state index is 12.8. The Morgan fingerprint density at radius 3 is 1.96 bits per heavy atom. The van der Waals surface area contributed by atoms with Crippen LogP contribution in [0.3, 0.4) is 0 Å². The summed E-state index contributed by atoms with van der Waals surface area (Å²) in [5, 5.41) is 34.3. The van der Waals surface area contributed by atoms with Crippen molar-refractivity contribution >= 4 is 13.7 Å². The number of quaternary nitrogens is 1. The summed E-state index contributed by atoms with van der Waals surface area (Å²) in [5.41, 5.74) is 0. The van der Waals surface area contributed by atoms with Gasteiger partial charge in [0.2, 0.25) is 5.91 Å². The lowest BCUT2D eigenvalue weighted by molar-refractivity contribution is -0.870. The van der Waals surface area contributed by atoms with Gasteiger partial charge in [0.15, 0.2) is 0 Å². The van der Waals surface area contributed by atoms with Gasteiger partial charge < -0.3 is 39.1 Å². The van der Waals surface area contributed by atoms with Crippen LogP contribution in [0.2, 0.25) is 0 Å². The molecule has 5 atom stereocenters. The van der Waals surface area contributed by atoms with E-state index in [0.29, 0.717) is 30.3 Å².